The molecule has 2 N–H and O–H groups in total. The summed E-state index contributed by atoms with van der Waals surface area (Å²) in [5.41, 5.74) is 1.31. The summed E-state index contributed by atoms with van der Waals surface area (Å²) in [7, 11) is 2.89. The summed E-state index contributed by atoms with van der Waals surface area (Å²) in [6.45, 7) is 0. The Morgan fingerprint density at radius 2 is 1.54 bits per heavy atom. The van der Waals surface area contributed by atoms with Crippen LogP contribution in [0.2, 0.25) is 0 Å². The van der Waals surface area contributed by atoms with Gasteiger partial charge in [-0.25, -0.2) is 9.29 Å². The quantitative estimate of drug-likeness (QED) is 0.467. The summed E-state index contributed by atoms with van der Waals surface area (Å²) in [6, 6.07) is 16.2. The van der Waals surface area contributed by atoms with Crippen molar-refractivity contribution in [3.05, 3.63) is 88.8 Å². The van der Waals surface area contributed by atoms with Gasteiger partial charge in [-0.05, 0) is 60.7 Å². The number of carbonyl (C=O) groups is 3. The van der Waals surface area contributed by atoms with Crippen molar-refractivity contribution in [2.75, 3.05) is 29.8 Å². The number of hydrogen-bond donors (Lipinski definition) is 2. The second kappa shape index (κ2) is 9.86. The first-order chi connectivity index (χ1) is 16.8. The summed E-state index contributed by atoms with van der Waals surface area (Å²) in [6.07, 6.45) is 0. The Labute approximate surface area is 204 Å². The molecule has 0 unspecified atom stereocenters. The molecule has 178 valence electrons. The topological polar surface area (TPSA) is 97.0 Å². The molecule has 1 aliphatic rings. The lowest BCUT2D eigenvalue weighted by Gasteiger charge is -2.18. The summed E-state index contributed by atoms with van der Waals surface area (Å²) < 4.78 is 23.5. The third-order valence-corrected chi connectivity index (χ3v) is 5.52. The van der Waals surface area contributed by atoms with Gasteiger partial charge in [0.05, 0.1) is 19.9 Å². The van der Waals surface area contributed by atoms with Gasteiger partial charge in [0.15, 0.2) is 0 Å². The number of nitrogens with one attached hydrogen (secondary N) is 2. The SMILES string of the molecule is COc1ccc(N2C(=O)C(Cl)=C(Nc3ccc(C(=O)Nc4ccc(F)cc4)cc3)C2=O)c(OC)c1. The molecule has 3 aromatic carbocycles. The van der Waals surface area contributed by atoms with E-state index in [9.17, 15) is 18.8 Å². The van der Waals surface area contributed by atoms with Crippen LogP contribution in [0.1, 0.15) is 10.4 Å². The van der Waals surface area contributed by atoms with Gasteiger partial charge in [0.1, 0.15) is 28.0 Å². The second-order valence-electron chi connectivity index (χ2n) is 7.34. The minimum atomic E-state index is -0.710. The number of rotatable bonds is 7. The molecule has 3 aromatic rings. The van der Waals surface area contributed by atoms with E-state index in [1.54, 1.807) is 24.3 Å². The average Bonchev–Trinajstić information content (AvgIpc) is 3.08. The third-order valence-electron chi connectivity index (χ3n) is 5.17. The van der Waals surface area contributed by atoms with Crippen LogP contribution < -0.4 is 25.0 Å². The van der Waals surface area contributed by atoms with Crippen LogP contribution in [0.5, 0.6) is 11.5 Å². The van der Waals surface area contributed by atoms with Crippen LogP contribution in [0.3, 0.4) is 0 Å². The van der Waals surface area contributed by atoms with Gasteiger partial charge in [0.25, 0.3) is 17.7 Å². The van der Waals surface area contributed by atoms with Crippen LogP contribution in [-0.4, -0.2) is 31.9 Å². The number of benzene rings is 3. The number of carbonyl (C=O) groups excluding carboxylic acids is 3. The van der Waals surface area contributed by atoms with Crippen LogP contribution >= 0.6 is 11.6 Å². The molecule has 8 nitrogen and oxygen atoms in total. The van der Waals surface area contributed by atoms with E-state index in [4.69, 9.17) is 21.1 Å². The van der Waals surface area contributed by atoms with Gasteiger partial charge >= 0.3 is 0 Å². The van der Waals surface area contributed by atoms with Gasteiger partial charge in [-0.1, -0.05) is 11.6 Å². The van der Waals surface area contributed by atoms with Crippen LogP contribution in [0.25, 0.3) is 0 Å². The molecule has 4 rings (SSSR count). The van der Waals surface area contributed by atoms with E-state index in [0.29, 0.717) is 22.7 Å². The maximum atomic E-state index is 13.1. The minimum Gasteiger partial charge on any atom is -0.497 e. The number of methoxy groups -OCH3 is 2. The van der Waals surface area contributed by atoms with Crippen LogP contribution in [0.15, 0.2) is 77.5 Å². The van der Waals surface area contributed by atoms with Gasteiger partial charge in [-0.15, -0.1) is 0 Å². The van der Waals surface area contributed by atoms with Crippen molar-refractivity contribution in [2.24, 2.45) is 0 Å². The molecule has 0 bridgehead atoms. The molecule has 0 spiro atoms. The molecule has 10 heteroatoms. The summed E-state index contributed by atoms with van der Waals surface area (Å²) in [5.74, 6) is -1.43. The number of amides is 3. The number of imide groups is 1. The highest BCUT2D eigenvalue weighted by atomic mass is 35.5. The highest BCUT2D eigenvalue weighted by molar-refractivity contribution is 6.53. The van der Waals surface area contributed by atoms with Gasteiger partial charge in [0.2, 0.25) is 0 Å². The first-order valence-electron chi connectivity index (χ1n) is 10.3. The molecule has 0 saturated heterocycles. The van der Waals surface area contributed by atoms with Crippen LogP contribution in [-0.2, 0) is 9.59 Å². The minimum absolute atomic E-state index is 0.113. The lowest BCUT2D eigenvalue weighted by atomic mass is 10.2. The van der Waals surface area contributed by atoms with Crippen molar-refractivity contribution >= 4 is 46.4 Å². The molecule has 1 heterocycles. The molecular weight excluding hydrogens is 477 g/mol. The fourth-order valence-corrected chi connectivity index (χ4v) is 3.60. The third kappa shape index (κ3) is 4.80. The fourth-order valence-electron chi connectivity index (χ4n) is 3.39. The molecule has 3 amide bonds. The Bertz CT molecular complexity index is 1340. The van der Waals surface area contributed by atoms with Crippen molar-refractivity contribution in [1.29, 1.82) is 0 Å². The molecule has 0 saturated carbocycles. The molecule has 1 aliphatic heterocycles. The smallest absolute Gasteiger partial charge is 0.283 e. The van der Waals surface area contributed by atoms with Crippen molar-refractivity contribution in [1.82, 2.24) is 0 Å². The van der Waals surface area contributed by atoms with E-state index >= 15 is 0 Å². The Morgan fingerprint density at radius 1 is 0.886 bits per heavy atom. The van der Waals surface area contributed by atoms with E-state index in [-0.39, 0.29) is 22.2 Å². The fraction of sp³-hybridized carbons (Fsp3) is 0.0800. The van der Waals surface area contributed by atoms with E-state index < -0.39 is 23.5 Å². The lowest BCUT2D eigenvalue weighted by molar-refractivity contribution is -0.120. The zero-order valence-corrected chi connectivity index (χ0v) is 19.4. The number of ether oxygens (including phenoxy) is 2. The van der Waals surface area contributed by atoms with E-state index in [1.165, 1.54) is 56.7 Å². The van der Waals surface area contributed by atoms with Gasteiger partial charge < -0.3 is 20.1 Å². The predicted octanol–water partition coefficient (Wildman–Crippen LogP) is 4.53. The van der Waals surface area contributed by atoms with Gasteiger partial charge in [-0.3, -0.25) is 14.4 Å². The summed E-state index contributed by atoms with van der Waals surface area (Å²) >= 11 is 6.20. The molecule has 0 fully saturated rings. The van der Waals surface area contributed by atoms with E-state index in [1.807, 2.05) is 0 Å². The molecule has 0 aliphatic carbocycles. The van der Waals surface area contributed by atoms with Gasteiger partial charge in [0, 0.05) is 23.0 Å². The normalized spacial score (nSPS) is 13.2. The maximum absolute atomic E-state index is 13.1. The highest BCUT2D eigenvalue weighted by Gasteiger charge is 2.40. The monoisotopic (exact) mass is 495 g/mol. The van der Waals surface area contributed by atoms with Crippen molar-refractivity contribution in [2.45, 2.75) is 0 Å². The Kier molecular flexibility index (Phi) is 6.70. The standard InChI is InChI=1S/C25H19ClFN3O5/c1-34-18-11-12-19(20(13-18)35-2)30-24(32)21(26)22(25(30)33)28-16-7-3-14(4-8-16)23(31)29-17-9-5-15(27)6-10-17/h3-13,28H,1-2H3,(H,29,31). The Balaban J connectivity index is 1.50. The Hall–Kier alpha value is -4.37. The molecule has 0 radical (unpaired) electrons. The molecule has 35 heavy (non-hydrogen) atoms. The van der Waals surface area contributed by atoms with Crippen molar-refractivity contribution in [3.63, 3.8) is 0 Å². The lowest BCUT2D eigenvalue weighted by Crippen LogP contribution is -2.32. The number of halogens is 2. The zero-order valence-electron chi connectivity index (χ0n) is 18.6. The van der Waals surface area contributed by atoms with E-state index in [0.717, 1.165) is 4.90 Å². The molecule has 0 aromatic heterocycles. The van der Waals surface area contributed by atoms with Crippen molar-refractivity contribution < 1.29 is 28.2 Å². The predicted molar refractivity (Wildman–Crippen MR) is 129 cm³/mol. The van der Waals surface area contributed by atoms with Gasteiger partial charge in [-0.2, -0.15) is 0 Å². The molecular formula is C25H19ClFN3O5. The average molecular weight is 496 g/mol. The number of anilines is 3. The second-order valence-corrected chi connectivity index (χ2v) is 7.71. The largest absolute Gasteiger partial charge is 0.497 e. The first kappa shape index (κ1) is 23.8. The first-order valence-corrected chi connectivity index (χ1v) is 10.6. The zero-order chi connectivity index (χ0) is 25.1. The maximum Gasteiger partial charge on any atom is 0.283 e. The van der Waals surface area contributed by atoms with Crippen LogP contribution in [0, 0.1) is 5.82 Å². The number of hydrogen-bond acceptors (Lipinski definition) is 6. The summed E-state index contributed by atoms with van der Waals surface area (Å²) in [5, 5.41) is 5.22. The van der Waals surface area contributed by atoms with Crippen molar-refractivity contribution in [3.8, 4) is 11.5 Å². The van der Waals surface area contributed by atoms with Crippen LogP contribution in [0.4, 0.5) is 21.5 Å². The highest BCUT2D eigenvalue weighted by Crippen LogP contribution is 2.37. The Morgan fingerprint density at radius 3 is 2.17 bits per heavy atom. The summed E-state index contributed by atoms with van der Waals surface area (Å²) in [4.78, 5) is 39.2. The number of nitrogens with zero attached hydrogens (tertiary/aromatic N) is 1. The molecule has 0 atom stereocenters. The van der Waals surface area contributed by atoms with E-state index in [2.05, 4.69) is 10.6 Å².